The van der Waals surface area contributed by atoms with Gasteiger partial charge in [0.05, 0.1) is 17.2 Å². The Balaban J connectivity index is 1.32. The maximum absolute atomic E-state index is 13.1. The van der Waals surface area contributed by atoms with Gasteiger partial charge in [-0.25, -0.2) is 0 Å². The lowest BCUT2D eigenvalue weighted by Crippen LogP contribution is -2.57. The smallest absolute Gasteiger partial charge is 0.251 e. The number of aliphatic hydroxyl groups is 1. The molecule has 190 valence electrons. The molecule has 4 saturated carbocycles. The van der Waals surface area contributed by atoms with Crippen LogP contribution in [0.25, 0.3) is 0 Å². The van der Waals surface area contributed by atoms with Crippen molar-refractivity contribution in [2.45, 2.75) is 103 Å². The molecule has 35 heavy (non-hydrogen) atoms. The Kier molecular flexibility index (Phi) is 6.77. The van der Waals surface area contributed by atoms with Crippen molar-refractivity contribution in [2.75, 3.05) is 0 Å². The van der Waals surface area contributed by atoms with Crippen molar-refractivity contribution in [3.05, 3.63) is 35.4 Å². The van der Waals surface area contributed by atoms with E-state index in [4.69, 9.17) is 5.26 Å². The monoisotopic (exact) mass is 476 g/mol. The van der Waals surface area contributed by atoms with Gasteiger partial charge in [-0.15, -0.1) is 0 Å². The van der Waals surface area contributed by atoms with Crippen LogP contribution in [-0.4, -0.2) is 22.7 Å². The van der Waals surface area contributed by atoms with Crippen LogP contribution in [-0.2, 0) is 0 Å². The Hall–Kier alpha value is -1.86. The number of rotatable bonds is 4. The van der Waals surface area contributed by atoms with Crippen LogP contribution in [0.1, 0.15) is 107 Å². The number of fused-ring (bicyclic) bond motifs is 5. The SMILES string of the molecule is CC[C@]12CC[C@H]3[C@@H](CC[C@@H]4C[C@](C)(O)CC[C@@H]43)[C@@H]1CCC[C@@H]2C(C)NC(=O)c1ccc(C#N)cc1. The van der Waals surface area contributed by atoms with E-state index in [0.717, 1.165) is 42.4 Å². The molecule has 1 amide bonds. The normalized spacial score (nSPS) is 41.5. The third kappa shape index (κ3) is 4.43. The molecule has 4 aliphatic carbocycles. The van der Waals surface area contributed by atoms with E-state index in [1.54, 1.807) is 24.3 Å². The minimum Gasteiger partial charge on any atom is -0.390 e. The van der Waals surface area contributed by atoms with Crippen molar-refractivity contribution in [1.29, 1.82) is 5.26 Å². The molecular weight excluding hydrogens is 432 g/mol. The molecule has 0 radical (unpaired) electrons. The second-order valence-electron chi connectivity index (χ2n) is 12.8. The quantitative estimate of drug-likeness (QED) is 0.522. The van der Waals surface area contributed by atoms with Gasteiger partial charge in [0.1, 0.15) is 0 Å². The lowest BCUT2D eigenvalue weighted by Gasteiger charge is -2.62. The molecule has 0 spiro atoms. The second kappa shape index (κ2) is 9.55. The first-order valence-corrected chi connectivity index (χ1v) is 14.3. The van der Waals surface area contributed by atoms with Gasteiger partial charge >= 0.3 is 0 Å². The predicted molar refractivity (Wildman–Crippen MR) is 139 cm³/mol. The Morgan fingerprint density at radius 3 is 2.54 bits per heavy atom. The largest absolute Gasteiger partial charge is 0.390 e. The lowest BCUT2D eigenvalue weighted by atomic mass is 9.43. The number of nitrogens with zero attached hydrogens (tertiary/aromatic N) is 1. The van der Waals surface area contributed by atoms with Gasteiger partial charge in [-0.1, -0.05) is 13.3 Å². The Labute approximate surface area is 211 Å². The highest BCUT2D eigenvalue weighted by atomic mass is 16.3. The molecule has 0 saturated heterocycles. The Morgan fingerprint density at radius 2 is 1.83 bits per heavy atom. The van der Waals surface area contributed by atoms with Gasteiger partial charge in [-0.05, 0) is 143 Å². The van der Waals surface area contributed by atoms with E-state index in [9.17, 15) is 9.90 Å². The molecule has 0 aromatic heterocycles. The molecule has 4 nitrogen and oxygen atoms in total. The van der Waals surface area contributed by atoms with Crippen LogP contribution < -0.4 is 5.32 Å². The van der Waals surface area contributed by atoms with Crippen molar-refractivity contribution in [2.24, 2.45) is 40.9 Å². The molecule has 4 heteroatoms. The Morgan fingerprint density at radius 1 is 1.09 bits per heavy atom. The zero-order valence-corrected chi connectivity index (χ0v) is 21.9. The number of hydrogen-bond acceptors (Lipinski definition) is 3. The first kappa shape index (κ1) is 24.8. The van der Waals surface area contributed by atoms with Gasteiger partial charge in [0.25, 0.3) is 5.91 Å². The minimum atomic E-state index is -0.450. The highest BCUT2D eigenvalue weighted by molar-refractivity contribution is 5.94. The van der Waals surface area contributed by atoms with E-state index in [-0.39, 0.29) is 11.9 Å². The van der Waals surface area contributed by atoms with Crippen LogP contribution in [0.15, 0.2) is 24.3 Å². The third-order valence-electron chi connectivity index (χ3n) is 11.2. The van der Waals surface area contributed by atoms with Crippen LogP contribution in [0, 0.1) is 52.3 Å². The number of carbonyl (C=O) groups excluding carboxylic acids is 1. The van der Waals surface area contributed by atoms with Crippen molar-refractivity contribution in [1.82, 2.24) is 5.32 Å². The summed E-state index contributed by atoms with van der Waals surface area (Å²) in [5.41, 5.74) is 1.12. The Bertz CT molecular complexity index is 963. The van der Waals surface area contributed by atoms with E-state index in [0.29, 0.717) is 22.5 Å². The molecular formula is C31H44N2O2. The summed E-state index contributed by atoms with van der Waals surface area (Å²) in [6.07, 6.45) is 13.5. The van der Waals surface area contributed by atoms with E-state index in [2.05, 4.69) is 32.2 Å². The fourth-order valence-electron chi connectivity index (χ4n) is 9.67. The average Bonchev–Trinajstić information content (AvgIpc) is 2.86. The number of amides is 1. The van der Waals surface area contributed by atoms with E-state index >= 15 is 0 Å². The zero-order valence-electron chi connectivity index (χ0n) is 21.9. The fraction of sp³-hybridized carbons (Fsp3) is 0.742. The van der Waals surface area contributed by atoms with Gasteiger partial charge in [0.15, 0.2) is 0 Å². The van der Waals surface area contributed by atoms with Gasteiger partial charge in [0, 0.05) is 11.6 Å². The standard InChI is InChI=1S/C31H44N2O2/c1-4-31-17-15-25-24-14-16-30(3,35)18-23(24)12-13-26(25)28(31)7-5-6-27(31)20(2)33-29(34)22-10-8-21(19-32)9-11-22/h8-11,20,23-28,35H,4-7,12-18H2,1-3H3,(H,33,34)/t20?,23-,24+,25-,26-,27-,28+,30-,31-/m1/s1. The maximum atomic E-state index is 13.1. The number of nitriles is 1. The summed E-state index contributed by atoms with van der Waals surface area (Å²) in [4.78, 5) is 13.1. The van der Waals surface area contributed by atoms with Crippen LogP contribution in [0.5, 0.6) is 0 Å². The molecule has 0 bridgehead atoms. The summed E-state index contributed by atoms with van der Waals surface area (Å²) in [5, 5.41) is 23.1. The van der Waals surface area contributed by atoms with Gasteiger partial charge in [-0.3, -0.25) is 4.79 Å². The maximum Gasteiger partial charge on any atom is 0.251 e. The summed E-state index contributed by atoms with van der Waals surface area (Å²) >= 11 is 0. The third-order valence-corrected chi connectivity index (χ3v) is 11.2. The van der Waals surface area contributed by atoms with E-state index < -0.39 is 5.60 Å². The van der Waals surface area contributed by atoms with Crippen LogP contribution in [0.3, 0.4) is 0 Å². The number of hydrogen-bond donors (Lipinski definition) is 2. The molecule has 4 aliphatic rings. The summed E-state index contributed by atoms with van der Waals surface area (Å²) in [6.45, 7) is 6.69. The highest BCUT2D eigenvalue weighted by Gasteiger charge is 2.58. The number of carbonyl (C=O) groups is 1. The summed E-state index contributed by atoms with van der Waals surface area (Å²) < 4.78 is 0. The molecule has 4 fully saturated rings. The predicted octanol–water partition coefficient (Wildman–Crippen LogP) is 6.48. The van der Waals surface area contributed by atoms with Gasteiger partial charge < -0.3 is 10.4 Å². The molecule has 0 heterocycles. The van der Waals surface area contributed by atoms with E-state index in [1.165, 1.54) is 57.8 Å². The molecule has 2 N–H and O–H groups in total. The van der Waals surface area contributed by atoms with Gasteiger partial charge in [0.2, 0.25) is 0 Å². The summed E-state index contributed by atoms with van der Waals surface area (Å²) in [7, 11) is 0. The summed E-state index contributed by atoms with van der Waals surface area (Å²) in [5.74, 6) is 4.51. The zero-order chi connectivity index (χ0) is 24.8. The molecule has 5 rings (SSSR count). The molecule has 9 atom stereocenters. The minimum absolute atomic E-state index is 0.0150. The molecule has 1 aromatic carbocycles. The van der Waals surface area contributed by atoms with Crippen molar-refractivity contribution < 1.29 is 9.90 Å². The first-order chi connectivity index (χ1) is 16.8. The number of nitrogens with one attached hydrogen (secondary N) is 1. The van der Waals surface area contributed by atoms with Crippen molar-refractivity contribution >= 4 is 5.91 Å². The van der Waals surface area contributed by atoms with Crippen molar-refractivity contribution in [3.8, 4) is 6.07 Å². The van der Waals surface area contributed by atoms with Crippen LogP contribution in [0.4, 0.5) is 0 Å². The lowest BCUT2D eigenvalue weighted by molar-refractivity contribution is -0.138. The van der Waals surface area contributed by atoms with E-state index in [1.807, 2.05) is 0 Å². The van der Waals surface area contributed by atoms with Gasteiger partial charge in [-0.2, -0.15) is 5.26 Å². The van der Waals surface area contributed by atoms with Crippen LogP contribution >= 0.6 is 0 Å². The topological polar surface area (TPSA) is 73.1 Å². The second-order valence-corrected chi connectivity index (χ2v) is 12.8. The van der Waals surface area contributed by atoms with Crippen LogP contribution in [0.2, 0.25) is 0 Å². The molecule has 1 unspecified atom stereocenters. The number of benzene rings is 1. The first-order valence-electron chi connectivity index (χ1n) is 14.3. The fourth-order valence-corrected chi connectivity index (χ4v) is 9.67. The highest BCUT2D eigenvalue weighted by Crippen LogP contribution is 2.64. The van der Waals surface area contributed by atoms with Crippen molar-refractivity contribution in [3.63, 3.8) is 0 Å². The molecule has 0 aliphatic heterocycles. The summed E-state index contributed by atoms with van der Waals surface area (Å²) in [6, 6.07) is 9.27. The average molecular weight is 477 g/mol. The molecule has 1 aromatic rings.